The molecule has 1 unspecified atom stereocenters. The van der Waals surface area contributed by atoms with Gasteiger partial charge < -0.3 is 4.74 Å². The maximum atomic E-state index is 11.9. The van der Waals surface area contributed by atoms with Gasteiger partial charge in [0.2, 0.25) is 0 Å². The Hall–Kier alpha value is -2.09. The minimum Gasteiger partial charge on any atom is -0.464 e. The molecule has 0 aromatic heterocycles. The van der Waals surface area contributed by atoms with Crippen LogP contribution < -0.4 is 0 Å². The molecular weight excluding hydrogens is 260 g/mol. The van der Waals surface area contributed by atoms with E-state index in [4.69, 9.17) is 4.74 Å². The Labute approximate surface area is 125 Å². The smallest absolute Gasteiger partial charge is 0.311 e. The quantitative estimate of drug-likeness (QED) is 0.755. The van der Waals surface area contributed by atoms with Crippen molar-refractivity contribution in [3.8, 4) is 0 Å². The molecule has 0 saturated carbocycles. The first kappa shape index (κ1) is 13.9. The molecule has 0 aliphatic heterocycles. The van der Waals surface area contributed by atoms with Crippen LogP contribution >= 0.6 is 0 Å². The Morgan fingerprint density at radius 2 is 1.81 bits per heavy atom. The normalized spacial score (nSPS) is 17.0. The number of esters is 1. The highest BCUT2D eigenvalue weighted by Gasteiger charge is 2.25. The molecule has 108 valence electrons. The van der Waals surface area contributed by atoms with Crippen LogP contribution in [0.3, 0.4) is 0 Å². The second kappa shape index (κ2) is 5.03. The zero-order valence-electron chi connectivity index (χ0n) is 12.7. The highest BCUT2D eigenvalue weighted by molar-refractivity contribution is 5.87. The monoisotopic (exact) mass is 280 g/mol. The van der Waals surface area contributed by atoms with Crippen molar-refractivity contribution in [2.45, 2.75) is 26.7 Å². The van der Waals surface area contributed by atoms with Crippen molar-refractivity contribution in [1.29, 1.82) is 0 Å². The number of fused-ring (bicyclic) bond motifs is 2. The summed E-state index contributed by atoms with van der Waals surface area (Å²) in [5, 5.41) is 2.47. The Morgan fingerprint density at radius 1 is 1.14 bits per heavy atom. The molecular formula is C19H20O2. The van der Waals surface area contributed by atoms with Gasteiger partial charge in [0.25, 0.3) is 0 Å². The van der Waals surface area contributed by atoms with Gasteiger partial charge in [-0.15, -0.1) is 0 Å². The highest BCUT2D eigenvalue weighted by Crippen LogP contribution is 2.34. The lowest BCUT2D eigenvalue weighted by molar-refractivity contribution is -0.153. The fourth-order valence-electron chi connectivity index (χ4n) is 2.59. The SMILES string of the molecule is CC(C)(C)C(=O)OCC1C=Cc2cc3ccccc3cc21. The molecule has 0 saturated heterocycles. The van der Waals surface area contributed by atoms with Crippen molar-refractivity contribution >= 4 is 22.8 Å². The van der Waals surface area contributed by atoms with E-state index in [1.54, 1.807) is 0 Å². The van der Waals surface area contributed by atoms with Crippen LogP contribution in [0.25, 0.3) is 16.8 Å². The van der Waals surface area contributed by atoms with Crippen LogP contribution in [-0.2, 0) is 9.53 Å². The van der Waals surface area contributed by atoms with Gasteiger partial charge in [0.05, 0.1) is 5.41 Å². The molecule has 2 nitrogen and oxygen atoms in total. The summed E-state index contributed by atoms with van der Waals surface area (Å²) in [6, 6.07) is 12.7. The summed E-state index contributed by atoms with van der Waals surface area (Å²) in [7, 11) is 0. The predicted octanol–water partition coefficient (Wildman–Crippen LogP) is 4.54. The van der Waals surface area contributed by atoms with Gasteiger partial charge in [-0.05, 0) is 54.8 Å². The Bertz CT molecular complexity index is 720. The molecule has 2 aromatic carbocycles. The number of rotatable bonds is 2. The third-order valence-electron chi connectivity index (χ3n) is 3.87. The summed E-state index contributed by atoms with van der Waals surface area (Å²) in [5.41, 5.74) is 2.02. The molecule has 3 rings (SSSR count). The van der Waals surface area contributed by atoms with Crippen molar-refractivity contribution in [3.05, 3.63) is 53.6 Å². The lowest BCUT2D eigenvalue weighted by Crippen LogP contribution is -2.24. The van der Waals surface area contributed by atoms with Crippen LogP contribution in [0, 0.1) is 5.41 Å². The van der Waals surface area contributed by atoms with Gasteiger partial charge in [0.1, 0.15) is 6.61 Å². The molecule has 0 spiro atoms. The van der Waals surface area contributed by atoms with E-state index in [1.165, 1.54) is 21.9 Å². The number of carbonyl (C=O) groups excluding carboxylic acids is 1. The zero-order valence-corrected chi connectivity index (χ0v) is 12.7. The number of hydrogen-bond acceptors (Lipinski definition) is 2. The summed E-state index contributed by atoms with van der Waals surface area (Å²) in [4.78, 5) is 11.9. The van der Waals surface area contributed by atoms with E-state index in [2.05, 4.69) is 42.5 Å². The predicted molar refractivity (Wildman–Crippen MR) is 86.1 cm³/mol. The zero-order chi connectivity index (χ0) is 15.0. The van der Waals surface area contributed by atoms with Gasteiger partial charge in [-0.2, -0.15) is 0 Å². The van der Waals surface area contributed by atoms with Crippen molar-refractivity contribution < 1.29 is 9.53 Å². The van der Waals surface area contributed by atoms with E-state index in [0.29, 0.717) is 6.61 Å². The van der Waals surface area contributed by atoms with Gasteiger partial charge in [-0.3, -0.25) is 4.79 Å². The van der Waals surface area contributed by atoms with Gasteiger partial charge in [0, 0.05) is 5.92 Å². The fraction of sp³-hybridized carbons (Fsp3) is 0.316. The van der Waals surface area contributed by atoms with E-state index < -0.39 is 5.41 Å². The average Bonchev–Trinajstić information content (AvgIpc) is 2.83. The Kier molecular flexibility index (Phi) is 3.32. The van der Waals surface area contributed by atoms with E-state index in [1.807, 2.05) is 26.8 Å². The van der Waals surface area contributed by atoms with Crippen molar-refractivity contribution in [2.75, 3.05) is 6.61 Å². The summed E-state index contributed by atoms with van der Waals surface area (Å²) in [5.74, 6) is 0.0149. The molecule has 1 aliphatic carbocycles. The topological polar surface area (TPSA) is 26.3 Å². The van der Waals surface area contributed by atoms with Crippen molar-refractivity contribution in [1.82, 2.24) is 0 Å². The molecule has 2 heteroatoms. The molecule has 0 bridgehead atoms. The summed E-state index contributed by atoms with van der Waals surface area (Å²) >= 11 is 0. The Balaban J connectivity index is 1.82. The summed E-state index contributed by atoms with van der Waals surface area (Å²) in [6.07, 6.45) is 4.25. The number of ether oxygens (including phenoxy) is 1. The summed E-state index contributed by atoms with van der Waals surface area (Å²) in [6.45, 7) is 6.04. The third kappa shape index (κ3) is 2.71. The van der Waals surface area contributed by atoms with Crippen LogP contribution in [0.15, 0.2) is 42.5 Å². The van der Waals surface area contributed by atoms with Crippen LogP contribution in [-0.4, -0.2) is 12.6 Å². The molecule has 0 amide bonds. The standard InChI is InChI=1S/C19H20O2/c1-19(2,3)18(20)21-12-16-9-8-15-10-13-6-4-5-7-14(13)11-17(15)16/h4-11,16H,12H2,1-3H3. The second-order valence-corrected chi connectivity index (χ2v) is 6.64. The first-order valence-corrected chi connectivity index (χ1v) is 7.33. The molecule has 1 atom stereocenters. The lowest BCUT2D eigenvalue weighted by atomic mass is 9.96. The molecule has 0 heterocycles. The maximum absolute atomic E-state index is 11.9. The van der Waals surface area contributed by atoms with Gasteiger partial charge in [-0.25, -0.2) is 0 Å². The lowest BCUT2D eigenvalue weighted by Gasteiger charge is -2.19. The van der Waals surface area contributed by atoms with Crippen LogP contribution in [0.4, 0.5) is 0 Å². The fourth-order valence-corrected chi connectivity index (χ4v) is 2.59. The number of hydrogen-bond donors (Lipinski definition) is 0. The molecule has 21 heavy (non-hydrogen) atoms. The first-order valence-electron chi connectivity index (χ1n) is 7.33. The Morgan fingerprint density at radius 3 is 2.48 bits per heavy atom. The van der Waals surface area contributed by atoms with Crippen molar-refractivity contribution in [2.24, 2.45) is 5.41 Å². The molecule has 1 aliphatic rings. The molecule has 0 N–H and O–H groups in total. The number of benzene rings is 2. The van der Waals surface area contributed by atoms with Crippen LogP contribution in [0.5, 0.6) is 0 Å². The van der Waals surface area contributed by atoms with E-state index >= 15 is 0 Å². The molecule has 2 aromatic rings. The largest absolute Gasteiger partial charge is 0.464 e. The van der Waals surface area contributed by atoms with E-state index in [0.717, 1.165) is 0 Å². The van der Waals surface area contributed by atoms with E-state index in [9.17, 15) is 4.79 Å². The van der Waals surface area contributed by atoms with Gasteiger partial charge in [-0.1, -0.05) is 36.4 Å². The second-order valence-electron chi connectivity index (χ2n) is 6.64. The highest BCUT2D eigenvalue weighted by atomic mass is 16.5. The van der Waals surface area contributed by atoms with Crippen LogP contribution in [0.1, 0.15) is 37.8 Å². The van der Waals surface area contributed by atoms with Crippen LogP contribution in [0.2, 0.25) is 0 Å². The third-order valence-corrected chi connectivity index (χ3v) is 3.87. The van der Waals surface area contributed by atoms with Gasteiger partial charge in [0.15, 0.2) is 0 Å². The number of carbonyl (C=O) groups is 1. The molecule has 0 fully saturated rings. The summed E-state index contributed by atoms with van der Waals surface area (Å²) < 4.78 is 5.47. The maximum Gasteiger partial charge on any atom is 0.311 e. The van der Waals surface area contributed by atoms with E-state index in [-0.39, 0.29) is 11.9 Å². The van der Waals surface area contributed by atoms with Crippen molar-refractivity contribution in [3.63, 3.8) is 0 Å². The minimum atomic E-state index is -0.450. The minimum absolute atomic E-state index is 0.148. The van der Waals surface area contributed by atoms with Gasteiger partial charge >= 0.3 is 5.97 Å². The first-order chi connectivity index (χ1) is 9.95. The molecule has 0 radical (unpaired) electrons. The average molecular weight is 280 g/mol.